The minimum absolute atomic E-state index is 0.752. The average Bonchev–Trinajstić information content (AvgIpc) is 2.64. The van der Waals surface area contributed by atoms with Crippen LogP contribution < -0.4 is 5.32 Å². The molecule has 1 aromatic carbocycles. The largest absolute Gasteiger partial charge is 0.314 e. The molecule has 2 bridgehead atoms. The molecule has 1 aromatic rings. The topological polar surface area (TPSA) is 15.3 Å². The number of benzene rings is 1. The molecule has 2 saturated heterocycles. The van der Waals surface area contributed by atoms with Crippen molar-refractivity contribution in [2.45, 2.75) is 50.2 Å². The first-order valence-electron chi connectivity index (χ1n) is 7.32. The summed E-state index contributed by atoms with van der Waals surface area (Å²) >= 11 is 0. The summed E-state index contributed by atoms with van der Waals surface area (Å²) in [6.07, 6.45) is 6.68. The molecule has 0 aliphatic carbocycles. The van der Waals surface area contributed by atoms with E-state index < -0.39 is 0 Å². The molecule has 98 valence electrons. The predicted molar refractivity (Wildman–Crippen MR) is 75.7 cm³/mol. The summed E-state index contributed by atoms with van der Waals surface area (Å²) < 4.78 is 0. The van der Waals surface area contributed by atoms with Crippen LogP contribution in [0.3, 0.4) is 0 Å². The Morgan fingerprint density at radius 1 is 1.11 bits per heavy atom. The minimum atomic E-state index is 0.752. The maximum absolute atomic E-state index is 3.76. The number of rotatable bonds is 4. The van der Waals surface area contributed by atoms with Gasteiger partial charge in [0.1, 0.15) is 0 Å². The number of hydrogen-bond acceptors (Lipinski definition) is 2. The van der Waals surface area contributed by atoms with Gasteiger partial charge in [0, 0.05) is 18.1 Å². The van der Waals surface area contributed by atoms with Crippen LogP contribution in [-0.4, -0.2) is 36.6 Å². The minimum Gasteiger partial charge on any atom is -0.314 e. The first-order chi connectivity index (χ1) is 8.83. The van der Waals surface area contributed by atoms with Gasteiger partial charge in [-0.15, -0.1) is 0 Å². The van der Waals surface area contributed by atoms with E-state index in [1.807, 2.05) is 0 Å². The smallest absolute Gasteiger partial charge is 0.0111 e. The van der Waals surface area contributed by atoms with Crippen LogP contribution in [0, 0.1) is 0 Å². The predicted octanol–water partition coefficient (Wildman–Crippen LogP) is 2.44. The SMILES string of the molecule is CN1C2CCC1CC(NCCc1ccccc1)C2. The normalized spacial score (nSPS) is 31.7. The van der Waals surface area contributed by atoms with E-state index in [9.17, 15) is 0 Å². The molecule has 2 atom stereocenters. The number of piperidine rings is 1. The van der Waals surface area contributed by atoms with Gasteiger partial charge in [0.05, 0.1) is 0 Å². The molecule has 0 radical (unpaired) electrons. The zero-order chi connectivity index (χ0) is 12.4. The van der Waals surface area contributed by atoms with Crippen LogP contribution in [0.4, 0.5) is 0 Å². The van der Waals surface area contributed by atoms with Gasteiger partial charge in [0.25, 0.3) is 0 Å². The molecule has 0 amide bonds. The molecule has 0 saturated carbocycles. The van der Waals surface area contributed by atoms with Crippen LogP contribution in [0.5, 0.6) is 0 Å². The van der Waals surface area contributed by atoms with E-state index >= 15 is 0 Å². The first-order valence-corrected chi connectivity index (χ1v) is 7.32. The summed E-state index contributed by atoms with van der Waals surface area (Å²) in [5, 5.41) is 3.76. The number of nitrogens with zero attached hydrogens (tertiary/aromatic N) is 1. The molecule has 2 heterocycles. The second-order valence-corrected chi connectivity index (χ2v) is 5.91. The molecule has 0 aromatic heterocycles. The summed E-state index contributed by atoms with van der Waals surface area (Å²) in [6, 6.07) is 13.2. The summed E-state index contributed by atoms with van der Waals surface area (Å²) in [5.41, 5.74) is 1.45. The van der Waals surface area contributed by atoms with Crippen molar-refractivity contribution in [3.05, 3.63) is 35.9 Å². The fraction of sp³-hybridized carbons (Fsp3) is 0.625. The Bertz CT molecular complexity index is 362. The number of hydrogen-bond donors (Lipinski definition) is 1. The lowest BCUT2D eigenvalue weighted by Gasteiger charge is -2.36. The third-order valence-electron chi connectivity index (χ3n) is 4.79. The van der Waals surface area contributed by atoms with E-state index in [0.29, 0.717) is 0 Å². The van der Waals surface area contributed by atoms with Crippen LogP contribution >= 0.6 is 0 Å². The van der Waals surface area contributed by atoms with Crippen molar-refractivity contribution in [1.29, 1.82) is 0 Å². The van der Waals surface area contributed by atoms with Crippen molar-refractivity contribution in [3.8, 4) is 0 Å². The third kappa shape index (κ3) is 2.60. The molecule has 2 aliphatic heterocycles. The van der Waals surface area contributed by atoms with E-state index in [0.717, 1.165) is 31.1 Å². The molecule has 1 N–H and O–H groups in total. The Hall–Kier alpha value is -0.860. The highest BCUT2D eigenvalue weighted by Gasteiger charge is 2.37. The van der Waals surface area contributed by atoms with Crippen molar-refractivity contribution >= 4 is 0 Å². The van der Waals surface area contributed by atoms with Crippen LogP contribution in [0.15, 0.2) is 30.3 Å². The van der Waals surface area contributed by atoms with E-state index in [1.165, 1.54) is 31.2 Å². The lowest BCUT2D eigenvalue weighted by molar-refractivity contribution is 0.149. The number of fused-ring (bicyclic) bond motifs is 2. The van der Waals surface area contributed by atoms with E-state index in [2.05, 4.69) is 47.6 Å². The molecule has 2 aliphatic rings. The van der Waals surface area contributed by atoms with E-state index in [-0.39, 0.29) is 0 Å². The van der Waals surface area contributed by atoms with Crippen molar-refractivity contribution in [2.75, 3.05) is 13.6 Å². The van der Waals surface area contributed by atoms with Gasteiger partial charge in [0.15, 0.2) is 0 Å². The van der Waals surface area contributed by atoms with Gasteiger partial charge in [-0.25, -0.2) is 0 Å². The summed E-state index contributed by atoms with van der Waals surface area (Å²) in [5.74, 6) is 0. The van der Waals surface area contributed by atoms with Gasteiger partial charge in [-0.1, -0.05) is 30.3 Å². The lowest BCUT2D eigenvalue weighted by atomic mass is 9.98. The van der Waals surface area contributed by atoms with Crippen molar-refractivity contribution < 1.29 is 0 Å². The monoisotopic (exact) mass is 244 g/mol. The Kier molecular flexibility index (Phi) is 3.67. The highest BCUT2D eigenvalue weighted by molar-refractivity contribution is 5.14. The number of nitrogens with one attached hydrogen (secondary N) is 1. The molecular formula is C16H24N2. The zero-order valence-corrected chi connectivity index (χ0v) is 11.3. The van der Waals surface area contributed by atoms with Crippen LogP contribution in [0.1, 0.15) is 31.2 Å². The highest BCUT2D eigenvalue weighted by Crippen LogP contribution is 2.34. The van der Waals surface area contributed by atoms with Crippen molar-refractivity contribution in [1.82, 2.24) is 10.2 Å². The van der Waals surface area contributed by atoms with Crippen LogP contribution in [0.25, 0.3) is 0 Å². The molecular weight excluding hydrogens is 220 g/mol. The van der Waals surface area contributed by atoms with Gasteiger partial charge in [0.2, 0.25) is 0 Å². The molecule has 3 rings (SSSR count). The van der Waals surface area contributed by atoms with Gasteiger partial charge in [-0.2, -0.15) is 0 Å². The standard InChI is InChI=1S/C16H24N2/c1-18-15-7-8-16(18)12-14(11-15)17-10-9-13-5-3-2-4-6-13/h2-6,14-17H,7-12H2,1H3. The van der Waals surface area contributed by atoms with Gasteiger partial charge in [-0.3, -0.25) is 0 Å². The Balaban J connectivity index is 1.45. The zero-order valence-electron chi connectivity index (χ0n) is 11.3. The molecule has 18 heavy (non-hydrogen) atoms. The Morgan fingerprint density at radius 3 is 2.44 bits per heavy atom. The fourth-order valence-electron chi connectivity index (χ4n) is 3.64. The maximum Gasteiger partial charge on any atom is 0.0111 e. The highest BCUT2D eigenvalue weighted by atomic mass is 15.2. The van der Waals surface area contributed by atoms with Gasteiger partial charge in [-0.05, 0) is 51.3 Å². The summed E-state index contributed by atoms with van der Waals surface area (Å²) in [7, 11) is 2.31. The van der Waals surface area contributed by atoms with E-state index in [4.69, 9.17) is 0 Å². The second-order valence-electron chi connectivity index (χ2n) is 5.91. The lowest BCUT2D eigenvalue weighted by Crippen LogP contribution is -2.47. The Labute approximate surface area is 110 Å². The third-order valence-corrected chi connectivity index (χ3v) is 4.79. The second kappa shape index (κ2) is 5.41. The quantitative estimate of drug-likeness (QED) is 0.875. The van der Waals surface area contributed by atoms with Crippen molar-refractivity contribution in [3.63, 3.8) is 0 Å². The molecule has 2 unspecified atom stereocenters. The molecule has 2 nitrogen and oxygen atoms in total. The molecule has 0 spiro atoms. The average molecular weight is 244 g/mol. The van der Waals surface area contributed by atoms with Crippen LogP contribution in [0.2, 0.25) is 0 Å². The van der Waals surface area contributed by atoms with Gasteiger partial charge >= 0.3 is 0 Å². The Morgan fingerprint density at radius 2 is 1.78 bits per heavy atom. The molecule has 2 heteroatoms. The maximum atomic E-state index is 3.76. The van der Waals surface area contributed by atoms with Crippen molar-refractivity contribution in [2.24, 2.45) is 0 Å². The van der Waals surface area contributed by atoms with E-state index in [1.54, 1.807) is 0 Å². The van der Waals surface area contributed by atoms with Gasteiger partial charge < -0.3 is 10.2 Å². The summed E-state index contributed by atoms with van der Waals surface area (Å²) in [4.78, 5) is 2.61. The first kappa shape index (κ1) is 12.2. The fourth-order valence-corrected chi connectivity index (χ4v) is 3.64. The summed E-state index contributed by atoms with van der Waals surface area (Å²) in [6.45, 7) is 1.12. The molecule has 2 fully saturated rings. The van der Waals surface area contributed by atoms with Crippen LogP contribution in [-0.2, 0) is 6.42 Å².